The molecule has 15 heteroatoms. The Hall–Kier alpha value is -3.32. The second-order valence-corrected chi connectivity index (χ2v) is 8.87. The first-order chi connectivity index (χ1) is 16.5. The summed E-state index contributed by atoms with van der Waals surface area (Å²) in [5, 5.41) is 4.17. The van der Waals surface area contributed by atoms with Gasteiger partial charge in [-0.2, -0.15) is 18.3 Å². The number of nitrogens with zero attached hydrogens (tertiary/aromatic N) is 5. The van der Waals surface area contributed by atoms with Gasteiger partial charge in [-0.1, -0.05) is 25.5 Å². The van der Waals surface area contributed by atoms with Gasteiger partial charge in [-0.3, -0.25) is 18.6 Å². The first kappa shape index (κ1) is 24.8. The lowest BCUT2D eigenvalue weighted by Gasteiger charge is -2.21. The third-order valence-corrected chi connectivity index (χ3v) is 5.57. The number of halogens is 3. The van der Waals surface area contributed by atoms with Gasteiger partial charge in [0, 0.05) is 6.20 Å². The predicted octanol–water partition coefficient (Wildman–Crippen LogP) is 3.46. The lowest BCUT2D eigenvalue weighted by molar-refractivity contribution is -0.137. The largest absolute Gasteiger partial charge is 0.471 e. The number of hydrogen-bond donors (Lipinski definition) is 3. The van der Waals surface area contributed by atoms with E-state index in [1.54, 1.807) is 6.92 Å². The SMILES string of the molecule is CCCC(OP(=O)(O)O)n1c(-c2cnn(Cc3cccc(C(F)(F)F)c3)c2)nc2c(=O)[nH]cnc21. The number of aromatic nitrogens is 6. The number of aromatic amines is 1. The van der Waals surface area contributed by atoms with Gasteiger partial charge < -0.3 is 14.8 Å². The Bertz CT molecular complexity index is 1460. The van der Waals surface area contributed by atoms with Crippen LogP contribution in [0.15, 0.2) is 47.8 Å². The molecule has 0 fully saturated rings. The van der Waals surface area contributed by atoms with Crippen molar-refractivity contribution in [2.75, 3.05) is 0 Å². The average Bonchev–Trinajstić information content (AvgIpc) is 3.37. The Kier molecular flexibility index (Phi) is 6.64. The molecule has 35 heavy (non-hydrogen) atoms. The number of benzene rings is 1. The number of rotatable bonds is 8. The summed E-state index contributed by atoms with van der Waals surface area (Å²) in [5.74, 6) is 0.103. The molecule has 1 unspecified atom stereocenters. The van der Waals surface area contributed by atoms with Gasteiger partial charge in [-0.05, 0) is 24.1 Å². The highest BCUT2D eigenvalue weighted by Gasteiger charge is 2.31. The molecule has 186 valence electrons. The molecule has 1 aromatic carbocycles. The van der Waals surface area contributed by atoms with E-state index in [2.05, 4.69) is 20.1 Å². The summed E-state index contributed by atoms with van der Waals surface area (Å²) in [6.45, 7) is 1.79. The summed E-state index contributed by atoms with van der Waals surface area (Å²) in [4.78, 5) is 42.0. The van der Waals surface area contributed by atoms with E-state index in [4.69, 9.17) is 4.52 Å². The molecule has 0 spiro atoms. The van der Waals surface area contributed by atoms with Crippen molar-refractivity contribution < 1.29 is 32.0 Å². The summed E-state index contributed by atoms with van der Waals surface area (Å²) in [5.41, 5.74) is -0.700. The van der Waals surface area contributed by atoms with Gasteiger partial charge in [0.25, 0.3) is 5.56 Å². The standard InChI is InChI=1S/C20H20F3N6O5P/c1-2-4-15(34-35(31,32)33)29-17(27-16-18(29)24-11-25-19(16)30)13-8-26-28(10-13)9-12-5-3-6-14(7-12)20(21,22)23/h3,5-8,10-11,15H,2,4,9H2,1H3,(H,24,25,30)(H2,31,32,33). The molecule has 11 nitrogen and oxygen atoms in total. The summed E-state index contributed by atoms with van der Waals surface area (Å²) in [6.07, 6.45) is -1.06. The summed E-state index contributed by atoms with van der Waals surface area (Å²) >= 11 is 0. The Labute approximate surface area is 195 Å². The Morgan fingerprint density at radius 3 is 2.74 bits per heavy atom. The maximum Gasteiger partial charge on any atom is 0.471 e. The molecule has 0 aliphatic heterocycles. The number of alkyl halides is 3. The summed E-state index contributed by atoms with van der Waals surface area (Å²) in [6, 6.07) is 4.82. The zero-order valence-corrected chi connectivity index (χ0v) is 19.1. The van der Waals surface area contributed by atoms with Gasteiger partial charge in [-0.25, -0.2) is 14.5 Å². The maximum atomic E-state index is 13.0. The van der Waals surface area contributed by atoms with Crippen molar-refractivity contribution in [2.24, 2.45) is 0 Å². The number of fused-ring (bicyclic) bond motifs is 1. The molecule has 4 rings (SSSR count). The second kappa shape index (κ2) is 9.38. The third-order valence-electron chi connectivity index (χ3n) is 5.06. The van der Waals surface area contributed by atoms with Crippen LogP contribution in [0.4, 0.5) is 13.2 Å². The Balaban J connectivity index is 1.77. The highest BCUT2D eigenvalue weighted by Crippen LogP contribution is 2.43. The van der Waals surface area contributed by atoms with Crippen molar-refractivity contribution in [3.63, 3.8) is 0 Å². The van der Waals surface area contributed by atoms with Crippen molar-refractivity contribution in [1.82, 2.24) is 29.3 Å². The number of nitrogens with one attached hydrogen (secondary N) is 1. The topological polar surface area (TPSA) is 148 Å². The molecule has 0 radical (unpaired) electrons. The smallest absolute Gasteiger partial charge is 0.311 e. The van der Waals surface area contributed by atoms with E-state index in [1.165, 1.54) is 33.8 Å². The van der Waals surface area contributed by atoms with Crippen LogP contribution in [-0.4, -0.2) is 39.1 Å². The van der Waals surface area contributed by atoms with Crippen LogP contribution < -0.4 is 5.56 Å². The fraction of sp³-hybridized carbons (Fsp3) is 0.300. The Morgan fingerprint density at radius 2 is 2.06 bits per heavy atom. The Morgan fingerprint density at radius 1 is 1.29 bits per heavy atom. The van der Waals surface area contributed by atoms with E-state index in [0.717, 1.165) is 18.5 Å². The van der Waals surface area contributed by atoms with E-state index in [0.29, 0.717) is 17.5 Å². The van der Waals surface area contributed by atoms with Crippen molar-refractivity contribution in [3.05, 3.63) is 64.5 Å². The molecule has 0 bridgehead atoms. The molecule has 0 aliphatic carbocycles. The van der Waals surface area contributed by atoms with Crippen molar-refractivity contribution in [3.8, 4) is 11.4 Å². The van der Waals surface area contributed by atoms with Gasteiger partial charge in [-0.15, -0.1) is 0 Å². The highest BCUT2D eigenvalue weighted by molar-refractivity contribution is 7.46. The third kappa shape index (κ3) is 5.51. The number of H-pyrrole nitrogens is 1. The zero-order chi connectivity index (χ0) is 25.4. The van der Waals surface area contributed by atoms with Gasteiger partial charge >= 0.3 is 14.0 Å². The van der Waals surface area contributed by atoms with E-state index in [9.17, 15) is 32.3 Å². The predicted molar refractivity (Wildman–Crippen MR) is 117 cm³/mol. The quantitative estimate of drug-likeness (QED) is 0.304. The first-order valence-electron chi connectivity index (χ1n) is 10.3. The van der Waals surface area contributed by atoms with E-state index >= 15 is 0 Å². The number of hydrogen-bond acceptors (Lipinski definition) is 6. The zero-order valence-electron chi connectivity index (χ0n) is 18.2. The van der Waals surface area contributed by atoms with Gasteiger partial charge in [0.1, 0.15) is 12.1 Å². The fourth-order valence-corrected chi connectivity index (χ4v) is 4.15. The minimum Gasteiger partial charge on any atom is -0.311 e. The molecule has 0 amide bonds. The summed E-state index contributed by atoms with van der Waals surface area (Å²) in [7, 11) is -4.93. The van der Waals surface area contributed by atoms with E-state index in [1.807, 2.05) is 0 Å². The normalized spacial score (nSPS) is 13.4. The number of phosphoric acid groups is 1. The highest BCUT2D eigenvalue weighted by atomic mass is 31.2. The second-order valence-electron chi connectivity index (χ2n) is 7.67. The number of imidazole rings is 1. The van der Waals surface area contributed by atoms with Crippen molar-refractivity contribution >= 4 is 19.0 Å². The van der Waals surface area contributed by atoms with E-state index in [-0.39, 0.29) is 30.0 Å². The van der Waals surface area contributed by atoms with Gasteiger partial charge in [0.05, 0.1) is 30.2 Å². The molecule has 0 saturated heterocycles. The molecular weight excluding hydrogens is 492 g/mol. The van der Waals surface area contributed by atoms with Crippen LogP contribution in [0.25, 0.3) is 22.6 Å². The molecule has 0 saturated carbocycles. The summed E-state index contributed by atoms with van der Waals surface area (Å²) < 4.78 is 58.4. The first-order valence-corrected chi connectivity index (χ1v) is 11.9. The van der Waals surface area contributed by atoms with Crippen LogP contribution in [0.5, 0.6) is 0 Å². The van der Waals surface area contributed by atoms with Crippen LogP contribution in [0.1, 0.15) is 37.1 Å². The molecular formula is C20H20F3N6O5P. The minimum atomic E-state index is -4.93. The molecule has 3 N–H and O–H groups in total. The molecule has 4 aromatic rings. The monoisotopic (exact) mass is 512 g/mol. The van der Waals surface area contributed by atoms with Crippen molar-refractivity contribution in [1.29, 1.82) is 0 Å². The van der Waals surface area contributed by atoms with Crippen LogP contribution in [0.3, 0.4) is 0 Å². The van der Waals surface area contributed by atoms with Gasteiger partial charge in [0.2, 0.25) is 0 Å². The molecule has 3 aromatic heterocycles. The maximum absolute atomic E-state index is 13.0. The van der Waals surface area contributed by atoms with Gasteiger partial charge in [0.15, 0.2) is 11.2 Å². The van der Waals surface area contributed by atoms with Crippen LogP contribution in [0, 0.1) is 0 Å². The van der Waals surface area contributed by atoms with Crippen LogP contribution in [-0.2, 0) is 21.8 Å². The number of phosphoric ester groups is 1. The molecule has 3 heterocycles. The lowest BCUT2D eigenvalue weighted by Crippen LogP contribution is -2.15. The van der Waals surface area contributed by atoms with E-state index < -0.39 is 31.3 Å². The fourth-order valence-electron chi connectivity index (χ4n) is 3.63. The average molecular weight is 512 g/mol. The molecule has 0 aliphatic rings. The minimum absolute atomic E-state index is 0.0142. The lowest BCUT2D eigenvalue weighted by atomic mass is 10.1. The molecule has 1 atom stereocenters. The van der Waals surface area contributed by atoms with Crippen LogP contribution in [0.2, 0.25) is 0 Å². The van der Waals surface area contributed by atoms with Crippen LogP contribution >= 0.6 is 7.82 Å². The van der Waals surface area contributed by atoms with Crippen molar-refractivity contribution in [2.45, 2.75) is 38.7 Å².